The number of carbonyl (C=O) groups is 1. The number of hydrogen-bond donors (Lipinski definition) is 1. The molecule has 64 valence electrons. The van der Waals surface area contributed by atoms with Crippen molar-refractivity contribution < 1.29 is 4.79 Å². The van der Waals surface area contributed by atoms with Gasteiger partial charge in [-0.3, -0.25) is 4.79 Å². The molecule has 1 saturated heterocycles. The Bertz CT molecular complexity index is 242. The molecule has 0 bridgehead atoms. The molecule has 2 nitrogen and oxygen atoms in total. The summed E-state index contributed by atoms with van der Waals surface area (Å²) in [4.78, 5) is 11.2. The molecule has 1 aliphatic heterocycles. The Morgan fingerprint density at radius 2 is 2.00 bits per heavy atom. The second-order valence-electron chi connectivity index (χ2n) is 3.44. The fraction of sp³-hybridized carbons (Fsp3) is 0.500. The van der Waals surface area contributed by atoms with Crippen molar-refractivity contribution in [1.29, 1.82) is 0 Å². The van der Waals surface area contributed by atoms with Crippen LogP contribution in [0.15, 0.2) is 24.3 Å². The van der Waals surface area contributed by atoms with Crippen LogP contribution in [0, 0.1) is 11.8 Å². The van der Waals surface area contributed by atoms with E-state index in [-0.39, 0.29) is 5.91 Å². The van der Waals surface area contributed by atoms with Gasteiger partial charge in [0.25, 0.3) is 0 Å². The minimum absolute atomic E-state index is 0.197. The average Bonchev–Trinajstić information content (AvgIpc) is 2.25. The predicted molar refractivity (Wildman–Crippen MR) is 47.5 cm³/mol. The van der Waals surface area contributed by atoms with E-state index in [1.54, 1.807) is 0 Å². The van der Waals surface area contributed by atoms with Gasteiger partial charge in [-0.15, -0.1) is 0 Å². The molecular formula is C10H13NO. The summed E-state index contributed by atoms with van der Waals surface area (Å²) in [6.45, 7) is 0.832. The van der Waals surface area contributed by atoms with Crippen molar-refractivity contribution in [2.45, 2.75) is 12.8 Å². The highest BCUT2D eigenvalue weighted by Crippen LogP contribution is 2.26. The molecule has 0 aromatic rings. The Labute approximate surface area is 72.3 Å². The highest BCUT2D eigenvalue weighted by molar-refractivity contribution is 5.76. The van der Waals surface area contributed by atoms with E-state index in [9.17, 15) is 4.79 Å². The average molecular weight is 163 g/mol. The Hall–Kier alpha value is -1.05. The van der Waals surface area contributed by atoms with Gasteiger partial charge in [-0.2, -0.15) is 0 Å². The molecular weight excluding hydrogens is 150 g/mol. The first-order valence-electron chi connectivity index (χ1n) is 4.48. The highest BCUT2D eigenvalue weighted by Gasteiger charge is 2.23. The van der Waals surface area contributed by atoms with Crippen LogP contribution in [0.5, 0.6) is 0 Å². The molecule has 1 aliphatic carbocycles. The Morgan fingerprint density at radius 3 is 2.83 bits per heavy atom. The van der Waals surface area contributed by atoms with Crippen LogP contribution in [-0.4, -0.2) is 12.5 Å². The number of hydrogen-bond acceptors (Lipinski definition) is 1. The van der Waals surface area contributed by atoms with Crippen molar-refractivity contribution in [2.75, 3.05) is 6.54 Å². The van der Waals surface area contributed by atoms with Crippen LogP contribution >= 0.6 is 0 Å². The summed E-state index contributed by atoms with van der Waals surface area (Å²) in [5.41, 5.74) is 0. The maximum absolute atomic E-state index is 11.2. The minimum atomic E-state index is 0.197. The molecule has 2 aliphatic rings. The molecule has 1 amide bonds. The smallest absolute Gasteiger partial charge is 0.220 e. The number of amides is 1. The fourth-order valence-electron chi connectivity index (χ4n) is 1.89. The Morgan fingerprint density at radius 1 is 1.25 bits per heavy atom. The lowest BCUT2D eigenvalue weighted by Gasteiger charge is -2.19. The lowest BCUT2D eigenvalue weighted by Crippen LogP contribution is -2.22. The first-order chi connectivity index (χ1) is 5.86. The first kappa shape index (κ1) is 7.59. The zero-order valence-corrected chi connectivity index (χ0v) is 6.99. The van der Waals surface area contributed by atoms with Gasteiger partial charge in [-0.1, -0.05) is 24.3 Å². The van der Waals surface area contributed by atoms with Crippen LogP contribution < -0.4 is 5.32 Å². The quantitative estimate of drug-likeness (QED) is 0.572. The van der Waals surface area contributed by atoms with E-state index in [2.05, 4.69) is 23.5 Å². The molecule has 1 N–H and O–H groups in total. The van der Waals surface area contributed by atoms with E-state index >= 15 is 0 Å². The summed E-state index contributed by atoms with van der Waals surface area (Å²) in [5.74, 6) is 1.22. The molecule has 1 heterocycles. The van der Waals surface area contributed by atoms with E-state index in [1.165, 1.54) is 0 Å². The van der Waals surface area contributed by atoms with Gasteiger partial charge >= 0.3 is 0 Å². The number of carbonyl (C=O) groups excluding carboxylic acids is 1. The lowest BCUT2D eigenvalue weighted by atomic mass is 9.85. The van der Waals surface area contributed by atoms with Gasteiger partial charge in [0, 0.05) is 13.0 Å². The number of fused-ring (bicyclic) bond motifs is 1. The molecule has 2 rings (SSSR count). The predicted octanol–water partition coefficient (Wildman–Crippen LogP) is 1.25. The summed E-state index contributed by atoms with van der Waals surface area (Å²) in [7, 11) is 0. The van der Waals surface area contributed by atoms with Crippen molar-refractivity contribution in [3.05, 3.63) is 24.3 Å². The maximum Gasteiger partial charge on any atom is 0.220 e. The van der Waals surface area contributed by atoms with E-state index < -0.39 is 0 Å². The summed E-state index contributed by atoms with van der Waals surface area (Å²) < 4.78 is 0. The largest absolute Gasteiger partial charge is 0.356 e. The van der Waals surface area contributed by atoms with Gasteiger partial charge in [0.1, 0.15) is 0 Å². The standard InChI is InChI=1S/C10H13NO/c12-10-7-9-4-2-1-3-8(9)5-6-11-10/h1-4,8-9H,5-7H2,(H,11,12). The van der Waals surface area contributed by atoms with Crippen molar-refractivity contribution >= 4 is 5.91 Å². The molecule has 0 saturated carbocycles. The third-order valence-corrected chi connectivity index (χ3v) is 2.60. The summed E-state index contributed by atoms with van der Waals surface area (Å²) in [6.07, 6.45) is 10.2. The molecule has 0 aromatic heterocycles. The number of rotatable bonds is 0. The van der Waals surface area contributed by atoms with Gasteiger partial charge in [0.05, 0.1) is 0 Å². The second kappa shape index (κ2) is 3.13. The summed E-state index contributed by atoms with van der Waals surface area (Å²) in [5, 5.41) is 2.89. The second-order valence-corrected chi connectivity index (χ2v) is 3.44. The van der Waals surface area contributed by atoms with Crippen LogP contribution in [0.2, 0.25) is 0 Å². The van der Waals surface area contributed by atoms with E-state index in [4.69, 9.17) is 0 Å². The molecule has 2 unspecified atom stereocenters. The van der Waals surface area contributed by atoms with Crippen LogP contribution in [0.1, 0.15) is 12.8 Å². The molecule has 0 radical (unpaired) electrons. The van der Waals surface area contributed by atoms with Gasteiger partial charge < -0.3 is 5.32 Å². The third kappa shape index (κ3) is 1.42. The van der Waals surface area contributed by atoms with Crippen LogP contribution in [0.3, 0.4) is 0 Å². The van der Waals surface area contributed by atoms with Gasteiger partial charge in [0.15, 0.2) is 0 Å². The van der Waals surface area contributed by atoms with E-state index in [1.807, 2.05) is 6.08 Å². The van der Waals surface area contributed by atoms with Crippen LogP contribution in [-0.2, 0) is 4.79 Å². The topological polar surface area (TPSA) is 29.1 Å². The summed E-state index contributed by atoms with van der Waals surface area (Å²) >= 11 is 0. The molecule has 0 aromatic carbocycles. The normalized spacial score (nSPS) is 33.8. The Kier molecular flexibility index (Phi) is 1.98. The molecule has 0 spiro atoms. The van der Waals surface area contributed by atoms with Crippen LogP contribution in [0.25, 0.3) is 0 Å². The zero-order valence-electron chi connectivity index (χ0n) is 6.99. The molecule has 12 heavy (non-hydrogen) atoms. The highest BCUT2D eigenvalue weighted by atomic mass is 16.1. The minimum Gasteiger partial charge on any atom is -0.356 e. The van der Waals surface area contributed by atoms with Gasteiger partial charge in [0.2, 0.25) is 5.91 Å². The number of nitrogens with one attached hydrogen (secondary N) is 1. The fourth-order valence-corrected chi connectivity index (χ4v) is 1.89. The molecule has 2 heteroatoms. The van der Waals surface area contributed by atoms with Gasteiger partial charge in [-0.05, 0) is 18.3 Å². The van der Waals surface area contributed by atoms with Gasteiger partial charge in [-0.25, -0.2) is 0 Å². The third-order valence-electron chi connectivity index (χ3n) is 2.60. The SMILES string of the molecule is O=C1CC2C=CC=CC2CCN1. The zero-order chi connectivity index (χ0) is 8.39. The monoisotopic (exact) mass is 163 g/mol. The van der Waals surface area contributed by atoms with Crippen LogP contribution in [0.4, 0.5) is 0 Å². The van der Waals surface area contributed by atoms with E-state index in [0.717, 1.165) is 13.0 Å². The van der Waals surface area contributed by atoms with Crippen molar-refractivity contribution in [3.63, 3.8) is 0 Å². The van der Waals surface area contributed by atoms with Crippen molar-refractivity contribution in [2.24, 2.45) is 11.8 Å². The van der Waals surface area contributed by atoms with E-state index in [0.29, 0.717) is 18.3 Å². The molecule has 1 fully saturated rings. The number of allylic oxidation sites excluding steroid dienone is 4. The summed E-state index contributed by atoms with van der Waals surface area (Å²) in [6, 6.07) is 0. The lowest BCUT2D eigenvalue weighted by molar-refractivity contribution is -0.121. The van der Waals surface area contributed by atoms with Crippen molar-refractivity contribution in [1.82, 2.24) is 5.32 Å². The first-order valence-corrected chi connectivity index (χ1v) is 4.48. The maximum atomic E-state index is 11.2. The molecule has 2 atom stereocenters. The van der Waals surface area contributed by atoms with Crippen molar-refractivity contribution in [3.8, 4) is 0 Å². The Balaban J connectivity index is 2.13.